The van der Waals surface area contributed by atoms with E-state index in [1.807, 2.05) is 87.5 Å². The lowest BCUT2D eigenvalue weighted by molar-refractivity contribution is -0.131. The summed E-state index contributed by atoms with van der Waals surface area (Å²) in [5.41, 5.74) is 4.53. The molecular formula is C30H37N3O4S. The highest BCUT2D eigenvalue weighted by molar-refractivity contribution is 7.89. The lowest BCUT2D eigenvalue weighted by Crippen LogP contribution is -2.52. The largest absolute Gasteiger partial charge is 0.497 e. The van der Waals surface area contributed by atoms with Gasteiger partial charge in [0.05, 0.1) is 18.6 Å². The van der Waals surface area contributed by atoms with Crippen LogP contribution in [0.15, 0.2) is 71.6 Å². The van der Waals surface area contributed by atoms with Gasteiger partial charge in [-0.3, -0.25) is 4.79 Å². The minimum absolute atomic E-state index is 0.168. The number of hydrogen-bond donors (Lipinski definition) is 0. The van der Waals surface area contributed by atoms with Crippen molar-refractivity contribution >= 4 is 21.6 Å². The van der Waals surface area contributed by atoms with Gasteiger partial charge in [0.15, 0.2) is 0 Å². The van der Waals surface area contributed by atoms with Crippen LogP contribution >= 0.6 is 0 Å². The summed E-state index contributed by atoms with van der Waals surface area (Å²) in [6.45, 7) is 8.11. The van der Waals surface area contributed by atoms with Crippen molar-refractivity contribution in [3.8, 4) is 5.75 Å². The van der Waals surface area contributed by atoms with Gasteiger partial charge in [-0.15, -0.1) is 0 Å². The first-order valence-corrected chi connectivity index (χ1v) is 14.4. The molecule has 38 heavy (non-hydrogen) atoms. The molecule has 1 aliphatic rings. The molecule has 0 saturated carbocycles. The second-order valence-electron chi connectivity index (χ2n) is 9.87. The first kappa shape index (κ1) is 27.7. The molecule has 1 amide bonds. The SMILES string of the molecule is COc1ccc(N2CCN(C(=O)CN(CCc3ccccc3)S(=O)(=O)c3c(C)cc(C)cc3C)CC2)cc1. The number of rotatable bonds is 9. The Hall–Kier alpha value is -3.36. The number of piperazine rings is 1. The number of ether oxygens (including phenoxy) is 1. The number of methoxy groups -OCH3 is 1. The third-order valence-electron chi connectivity index (χ3n) is 7.08. The summed E-state index contributed by atoms with van der Waals surface area (Å²) in [6, 6.07) is 21.4. The van der Waals surface area contributed by atoms with Crippen molar-refractivity contribution in [1.82, 2.24) is 9.21 Å². The smallest absolute Gasteiger partial charge is 0.244 e. The van der Waals surface area contributed by atoms with Crippen LogP contribution in [0.1, 0.15) is 22.3 Å². The molecule has 4 rings (SSSR count). The van der Waals surface area contributed by atoms with E-state index in [0.29, 0.717) is 48.6 Å². The molecule has 0 bridgehead atoms. The normalized spacial score (nSPS) is 14.1. The second-order valence-corrected chi connectivity index (χ2v) is 11.7. The second kappa shape index (κ2) is 12.0. The summed E-state index contributed by atoms with van der Waals surface area (Å²) in [7, 11) is -2.24. The number of anilines is 1. The van der Waals surface area contributed by atoms with Crippen molar-refractivity contribution < 1.29 is 17.9 Å². The average molecular weight is 536 g/mol. The molecule has 3 aromatic rings. The maximum absolute atomic E-state index is 14.0. The van der Waals surface area contributed by atoms with Crippen LogP contribution in [0.4, 0.5) is 5.69 Å². The number of hydrogen-bond acceptors (Lipinski definition) is 5. The zero-order valence-electron chi connectivity index (χ0n) is 22.7. The van der Waals surface area contributed by atoms with Crippen LogP contribution in [0.3, 0.4) is 0 Å². The molecule has 0 N–H and O–H groups in total. The topological polar surface area (TPSA) is 70.2 Å². The molecule has 202 valence electrons. The van der Waals surface area contributed by atoms with Gasteiger partial charge >= 0.3 is 0 Å². The third kappa shape index (κ3) is 6.37. The van der Waals surface area contributed by atoms with E-state index in [9.17, 15) is 13.2 Å². The number of aryl methyl sites for hydroxylation is 3. The average Bonchev–Trinajstić information content (AvgIpc) is 2.90. The summed E-state index contributed by atoms with van der Waals surface area (Å²) in [5.74, 6) is 0.636. The maximum atomic E-state index is 14.0. The van der Waals surface area contributed by atoms with Crippen LogP contribution in [0, 0.1) is 20.8 Å². The Bertz CT molecular complexity index is 1330. The summed E-state index contributed by atoms with van der Waals surface area (Å²) in [6.07, 6.45) is 0.530. The standard InChI is InChI=1S/C30H37N3O4S/c1-23-20-24(2)30(25(3)21-23)38(35,36)33(15-14-26-8-6-5-7-9-26)22-29(34)32-18-16-31(17-19-32)27-10-12-28(37-4)13-11-27/h5-13,20-21H,14-19,22H2,1-4H3. The van der Waals surface area contributed by atoms with Crippen LogP contribution in [0.5, 0.6) is 5.75 Å². The van der Waals surface area contributed by atoms with Crippen LogP contribution in [-0.4, -0.2) is 69.9 Å². The van der Waals surface area contributed by atoms with E-state index in [1.54, 1.807) is 12.0 Å². The molecule has 0 atom stereocenters. The Morgan fingerprint density at radius 3 is 2.08 bits per heavy atom. The van der Waals surface area contributed by atoms with Gasteiger partial charge in [0.25, 0.3) is 0 Å². The fraction of sp³-hybridized carbons (Fsp3) is 0.367. The molecule has 1 saturated heterocycles. The van der Waals surface area contributed by atoms with E-state index < -0.39 is 10.0 Å². The van der Waals surface area contributed by atoms with Crippen LogP contribution in [0.2, 0.25) is 0 Å². The molecule has 1 fully saturated rings. The van der Waals surface area contributed by atoms with Gasteiger partial charge in [0.2, 0.25) is 15.9 Å². The Morgan fingerprint density at radius 2 is 1.50 bits per heavy atom. The van der Waals surface area contributed by atoms with Gasteiger partial charge < -0.3 is 14.5 Å². The number of carbonyl (C=O) groups is 1. The van der Waals surface area contributed by atoms with Gasteiger partial charge in [-0.25, -0.2) is 8.42 Å². The quantitative estimate of drug-likeness (QED) is 0.411. The summed E-state index contributed by atoms with van der Waals surface area (Å²) >= 11 is 0. The predicted molar refractivity (Wildman–Crippen MR) is 151 cm³/mol. The Morgan fingerprint density at radius 1 is 0.895 bits per heavy atom. The van der Waals surface area contributed by atoms with Crippen LogP contribution < -0.4 is 9.64 Å². The van der Waals surface area contributed by atoms with Crippen molar-refractivity contribution in [2.45, 2.75) is 32.1 Å². The van der Waals surface area contributed by atoms with Crippen molar-refractivity contribution in [2.75, 3.05) is 51.3 Å². The van der Waals surface area contributed by atoms with Crippen molar-refractivity contribution in [2.24, 2.45) is 0 Å². The molecule has 0 aromatic heterocycles. The fourth-order valence-electron chi connectivity index (χ4n) is 5.14. The molecule has 0 radical (unpaired) electrons. The Balaban J connectivity index is 1.50. The van der Waals surface area contributed by atoms with E-state index in [4.69, 9.17) is 4.74 Å². The summed E-state index contributed by atoms with van der Waals surface area (Å²) in [4.78, 5) is 17.7. The molecule has 3 aromatic carbocycles. The predicted octanol–water partition coefficient (Wildman–Crippen LogP) is 4.20. The van der Waals surface area contributed by atoms with Gasteiger partial charge in [-0.05, 0) is 68.1 Å². The first-order valence-electron chi connectivity index (χ1n) is 13.0. The molecule has 0 aliphatic carbocycles. The summed E-state index contributed by atoms with van der Waals surface area (Å²) < 4.78 is 34.5. The van der Waals surface area contributed by atoms with E-state index >= 15 is 0 Å². The Labute approximate surface area is 226 Å². The minimum atomic E-state index is -3.88. The highest BCUT2D eigenvalue weighted by Gasteiger charge is 2.32. The zero-order chi connectivity index (χ0) is 27.3. The number of benzene rings is 3. The van der Waals surface area contributed by atoms with Gasteiger partial charge in [-0.2, -0.15) is 4.31 Å². The van der Waals surface area contributed by atoms with E-state index in [2.05, 4.69) is 4.90 Å². The van der Waals surface area contributed by atoms with Crippen molar-refractivity contribution in [1.29, 1.82) is 0 Å². The highest BCUT2D eigenvalue weighted by Crippen LogP contribution is 2.26. The monoisotopic (exact) mass is 535 g/mol. The molecule has 0 spiro atoms. The lowest BCUT2D eigenvalue weighted by atomic mass is 10.1. The zero-order valence-corrected chi connectivity index (χ0v) is 23.5. The Kier molecular flexibility index (Phi) is 8.74. The highest BCUT2D eigenvalue weighted by atomic mass is 32.2. The van der Waals surface area contributed by atoms with Crippen LogP contribution in [0.25, 0.3) is 0 Å². The third-order valence-corrected chi connectivity index (χ3v) is 9.23. The number of nitrogens with zero attached hydrogens (tertiary/aromatic N) is 3. The maximum Gasteiger partial charge on any atom is 0.244 e. The van der Waals surface area contributed by atoms with Crippen LogP contribution in [-0.2, 0) is 21.2 Å². The van der Waals surface area contributed by atoms with E-state index in [1.165, 1.54) is 4.31 Å². The molecule has 1 aliphatic heterocycles. The molecule has 8 heteroatoms. The molecule has 0 unspecified atom stereocenters. The van der Waals surface area contributed by atoms with E-state index in [-0.39, 0.29) is 19.0 Å². The molecule has 1 heterocycles. The van der Waals surface area contributed by atoms with Gasteiger partial charge in [-0.1, -0.05) is 48.0 Å². The minimum Gasteiger partial charge on any atom is -0.497 e. The van der Waals surface area contributed by atoms with Crippen molar-refractivity contribution in [3.63, 3.8) is 0 Å². The van der Waals surface area contributed by atoms with E-state index in [0.717, 1.165) is 22.6 Å². The summed E-state index contributed by atoms with van der Waals surface area (Å²) in [5, 5.41) is 0. The molecular weight excluding hydrogens is 498 g/mol. The number of carbonyl (C=O) groups excluding carboxylic acids is 1. The first-order chi connectivity index (χ1) is 18.2. The van der Waals surface area contributed by atoms with Crippen molar-refractivity contribution in [3.05, 3.63) is 89.0 Å². The van der Waals surface area contributed by atoms with Gasteiger partial charge in [0, 0.05) is 38.4 Å². The lowest BCUT2D eigenvalue weighted by Gasteiger charge is -2.37. The molecule has 7 nitrogen and oxygen atoms in total. The van der Waals surface area contributed by atoms with Gasteiger partial charge in [0.1, 0.15) is 5.75 Å². The fourth-order valence-corrected chi connectivity index (χ4v) is 6.95. The number of amides is 1. The number of sulfonamides is 1.